The average Bonchev–Trinajstić information content (AvgIpc) is 2.67. The lowest BCUT2D eigenvalue weighted by Gasteiger charge is -2.46. The van der Waals surface area contributed by atoms with Crippen molar-refractivity contribution < 1.29 is 38.1 Å². The normalized spacial score (nSPS) is 18.0. The third-order valence-electron chi connectivity index (χ3n) is 7.19. The van der Waals surface area contributed by atoms with Crippen LogP contribution in [0.5, 0.6) is 0 Å². The molecule has 10 heteroatoms. The van der Waals surface area contributed by atoms with Gasteiger partial charge in [0.25, 0.3) is 0 Å². The van der Waals surface area contributed by atoms with E-state index in [1.807, 2.05) is 26.2 Å². The summed E-state index contributed by atoms with van der Waals surface area (Å²) in [6.45, 7) is 25.7. The fraction of sp³-hybridized carbons (Fsp3) is 0.917. The van der Waals surface area contributed by atoms with Crippen molar-refractivity contribution in [2.24, 2.45) is 5.92 Å². The van der Waals surface area contributed by atoms with Crippen molar-refractivity contribution in [1.82, 2.24) is 0 Å². The predicted octanol–water partition coefficient (Wildman–Crippen LogP) is 4.25. The fourth-order valence-corrected chi connectivity index (χ4v) is 5.37. The summed E-state index contributed by atoms with van der Waals surface area (Å²) in [5.74, 6) is -2.35. The lowest BCUT2D eigenvalue weighted by Crippen LogP contribution is -2.59. The fourth-order valence-electron chi connectivity index (χ4n) is 2.78. The molecule has 0 aliphatic carbocycles. The molecular formula is C24H50O8Si2. The molecule has 0 aliphatic heterocycles. The van der Waals surface area contributed by atoms with Crippen LogP contribution < -0.4 is 0 Å². The maximum absolute atomic E-state index is 13.2. The first-order chi connectivity index (χ1) is 15.1. The highest BCUT2D eigenvalue weighted by molar-refractivity contribution is 6.74. The van der Waals surface area contributed by atoms with Gasteiger partial charge in [-0.3, -0.25) is 0 Å². The van der Waals surface area contributed by atoms with E-state index in [1.165, 1.54) is 0 Å². The molecule has 0 aliphatic rings. The van der Waals surface area contributed by atoms with Crippen LogP contribution in [0.15, 0.2) is 0 Å². The summed E-state index contributed by atoms with van der Waals surface area (Å²) in [4.78, 5) is 25.4. The highest BCUT2D eigenvalue weighted by atomic mass is 28.4. The average molecular weight is 523 g/mol. The molecule has 0 fully saturated rings. The topological polar surface area (TPSA) is 112 Å². The number of aliphatic hydroxyl groups is 2. The lowest BCUT2D eigenvalue weighted by molar-refractivity contribution is -0.168. The molecule has 0 spiro atoms. The van der Waals surface area contributed by atoms with Crippen LogP contribution >= 0.6 is 0 Å². The zero-order valence-corrected chi connectivity index (χ0v) is 25.6. The number of carbonyl (C=O) groups excluding carboxylic acids is 2. The highest BCUT2D eigenvalue weighted by Gasteiger charge is 2.50. The Balaban J connectivity index is 6.57. The Hall–Kier alpha value is -0.786. The maximum atomic E-state index is 13.2. The third-order valence-corrected chi connectivity index (χ3v) is 16.1. The Morgan fingerprint density at radius 2 is 1.15 bits per heavy atom. The molecule has 2 N–H and O–H groups in total. The van der Waals surface area contributed by atoms with Gasteiger partial charge in [-0.2, -0.15) is 0 Å². The van der Waals surface area contributed by atoms with E-state index in [2.05, 4.69) is 41.5 Å². The van der Waals surface area contributed by atoms with Gasteiger partial charge < -0.3 is 28.5 Å². The van der Waals surface area contributed by atoms with E-state index in [0.717, 1.165) is 0 Å². The molecule has 202 valence electrons. The third kappa shape index (κ3) is 8.70. The Morgan fingerprint density at radius 3 is 1.53 bits per heavy atom. The lowest BCUT2D eigenvalue weighted by atomic mass is 9.91. The first kappa shape index (κ1) is 33.2. The van der Waals surface area contributed by atoms with E-state index in [9.17, 15) is 19.8 Å². The van der Waals surface area contributed by atoms with Crippen LogP contribution in [0.25, 0.3) is 0 Å². The van der Waals surface area contributed by atoms with Crippen molar-refractivity contribution in [3.8, 4) is 0 Å². The summed E-state index contributed by atoms with van der Waals surface area (Å²) in [5, 5.41) is 21.0. The second kappa shape index (κ2) is 12.4. The monoisotopic (exact) mass is 522 g/mol. The zero-order valence-electron chi connectivity index (χ0n) is 23.6. The number of ether oxygens (including phenoxy) is 2. The Morgan fingerprint density at radius 1 is 0.765 bits per heavy atom. The maximum Gasteiger partial charge on any atom is 0.337 e. The molecule has 0 rings (SSSR count). The summed E-state index contributed by atoms with van der Waals surface area (Å²) < 4.78 is 23.5. The summed E-state index contributed by atoms with van der Waals surface area (Å²) in [7, 11) is -4.98. The zero-order chi connectivity index (χ0) is 27.3. The van der Waals surface area contributed by atoms with Gasteiger partial charge >= 0.3 is 11.9 Å². The molecule has 0 bridgehead atoms. The van der Waals surface area contributed by atoms with E-state index in [0.29, 0.717) is 0 Å². The van der Waals surface area contributed by atoms with Gasteiger partial charge in [0.05, 0.1) is 25.4 Å². The number of esters is 2. The minimum absolute atomic E-state index is 0.0703. The van der Waals surface area contributed by atoms with E-state index in [1.54, 1.807) is 20.8 Å². The number of hydrogen-bond donors (Lipinski definition) is 2. The van der Waals surface area contributed by atoms with Gasteiger partial charge in [-0.1, -0.05) is 48.5 Å². The molecule has 34 heavy (non-hydrogen) atoms. The Labute approximate surface area is 209 Å². The molecular weight excluding hydrogens is 472 g/mol. The molecule has 0 aromatic carbocycles. The molecule has 0 saturated carbocycles. The van der Waals surface area contributed by atoms with Crippen LogP contribution in [0.1, 0.15) is 62.3 Å². The molecule has 0 radical (unpaired) electrons. The number of carbonyl (C=O) groups is 2. The summed E-state index contributed by atoms with van der Waals surface area (Å²) in [6.07, 6.45) is -5.40. The van der Waals surface area contributed by atoms with Crippen molar-refractivity contribution in [3.05, 3.63) is 0 Å². The predicted molar refractivity (Wildman–Crippen MR) is 139 cm³/mol. The van der Waals surface area contributed by atoms with Gasteiger partial charge in [-0.05, 0) is 50.1 Å². The SMILES string of the molecule is CCOC(=O)[C@@H](O)[C@H](O)[C@H](C)[C@@H](O[Si](C)(C)C(C)(C)C)[C@H](O[Si](C)(C)C(C)(C)C)C(=O)OCC. The summed E-state index contributed by atoms with van der Waals surface area (Å²) in [6, 6.07) is 0. The molecule has 0 aromatic rings. The van der Waals surface area contributed by atoms with Gasteiger partial charge in [-0.15, -0.1) is 0 Å². The number of aliphatic hydroxyl groups excluding tert-OH is 2. The van der Waals surface area contributed by atoms with Crippen molar-refractivity contribution in [3.63, 3.8) is 0 Å². The smallest absolute Gasteiger partial charge is 0.337 e. The van der Waals surface area contributed by atoms with Crippen LogP contribution in [-0.4, -0.2) is 76.4 Å². The minimum atomic E-state index is -2.49. The Kier molecular flexibility index (Phi) is 12.2. The summed E-state index contributed by atoms with van der Waals surface area (Å²) >= 11 is 0. The van der Waals surface area contributed by atoms with Crippen LogP contribution in [0, 0.1) is 5.92 Å². The van der Waals surface area contributed by atoms with Crippen molar-refractivity contribution in [2.45, 2.75) is 123 Å². The molecule has 5 atom stereocenters. The molecule has 0 aromatic heterocycles. The van der Waals surface area contributed by atoms with Gasteiger partial charge in [0, 0.05) is 5.92 Å². The van der Waals surface area contributed by atoms with E-state index >= 15 is 0 Å². The second-order valence-electron chi connectivity index (χ2n) is 11.9. The van der Waals surface area contributed by atoms with E-state index < -0.39 is 58.9 Å². The summed E-state index contributed by atoms with van der Waals surface area (Å²) in [5.41, 5.74) is 0. The second-order valence-corrected chi connectivity index (χ2v) is 21.5. The molecule has 0 amide bonds. The molecule has 0 saturated heterocycles. The van der Waals surface area contributed by atoms with E-state index in [-0.39, 0.29) is 23.3 Å². The number of hydrogen-bond acceptors (Lipinski definition) is 8. The van der Waals surface area contributed by atoms with E-state index in [4.69, 9.17) is 18.3 Å². The first-order valence-corrected chi connectivity index (χ1v) is 18.0. The first-order valence-electron chi connectivity index (χ1n) is 12.2. The van der Waals surface area contributed by atoms with Crippen LogP contribution in [0.2, 0.25) is 36.3 Å². The standard InChI is InChI=1S/C24H50O8Si2/c1-14-29-21(27)18(26)17(25)16(3)19(31-33(10,11)23(4,5)6)20(22(28)30-15-2)32-34(12,13)24(7,8)9/h16-20,25-26H,14-15H2,1-13H3/t16-,17+,18-,19+,20-/m0/s1. The van der Waals surface area contributed by atoms with Crippen molar-refractivity contribution in [2.75, 3.05) is 13.2 Å². The minimum Gasteiger partial charge on any atom is -0.464 e. The van der Waals surface area contributed by atoms with Crippen LogP contribution in [0.3, 0.4) is 0 Å². The largest absolute Gasteiger partial charge is 0.464 e. The molecule has 0 unspecified atom stereocenters. The van der Waals surface area contributed by atoms with Gasteiger partial charge in [0.15, 0.2) is 28.8 Å². The quantitative estimate of drug-likeness (QED) is 0.289. The molecule has 8 nitrogen and oxygen atoms in total. The van der Waals surface area contributed by atoms with Crippen molar-refractivity contribution in [1.29, 1.82) is 0 Å². The van der Waals surface area contributed by atoms with Gasteiger partial charge in [0.2, 0.25) is 0 Å². The van der Waals surface area contributed by atoms with Gasteiger partial charge in [0.1, 0.15) is 0 Å². The Bertz CT molecular complexity index is 667. The highest BCUT2D eigenvalue weighted by Crippen LogP contribution is 2.42. The van der Waals surface area contributed by atoms with Crippen molar-refractivity contribution >= 4 is 28.6 Å². The van der Waals surface area contributed by atoms with Crippen LogP contribution in [0.4, 0.5) is 0 Å². The van der Waals surface area contributed by atoms with Crippen LogP contribution in [-0.2, 0) is 27.9 Å². The van der Waals surface area contributed by atoms with Gasteiger partial charge in [-0.25, -0.2) is 9.59 Å². The number of rotatable bonds is 12. The molecule has 0 heterocycles.